The first-order chi connectivity index (χ1) is 16.6. The normalized spacial score (nSPS) is 12.8. The van der Waals surface area contributed by atoms with Crippen molar-refractivity contribution in [1.82, 2.24) is 14.9 Å². The van der Waals surface area contributed by atoms with Crippen molar-refractivity contribution < 1.29 is 4.79 Å². The maximum atomic E-state index is 13.4. The van der Waals surface area contributed by atoms with Crippen molar-refractivity contribution in [1.29, 1.82) is 0 Å². The predicted molar refractivity (Wildman–Crippen MR) is 137 cm³/mol. The van der Waals surface area contributed by atoms with E-state index in [-0.39, 0.29) is 5.91 Å². The highest BCUT2D eigenvalue weighted by molar-refractivity contribution is 5.95. The average Bonchev–Trinajstić information content (AvgIpc) is 2.92. The van der Waals surface area contributed by atoms with Crippen LogP contribution in [0, 0.1) is 0 Å². The number of carbonyl (C=O) groups excluding carboxylic acids is 1. The van der Waals surface area contributed by atoms with Gasteiger partial charge in [0.15, 0.2) is 5.82 Å². The van der Waals surface area contributed by atoms with Gasteiger partial charge in [-0.2, -0.15) is 0 Å². The number of aromatic nitrogens is 2. The SMILES string of the molecule is CCN(C)c1nc(-c2ccccc2)nc2c1CN(C(=O)c1ccc(-c3ccccc3)cc1)CC2. The van der Waals surface area contributed by atoms with Crippen LogP contribution < -0.4 is 4.90 Å². The zero-order chi connectivity index (χ0) is 23.5. The zero-order valence-electron chi connectivity index (χ0n) is 19.6. The summed E-state index contributed by atoms with van der Waals surface area (Å²) < 4.78 is 0. The van der Waals surface area contributed by atoms with Crippen LogP contribution in [0.15, 0.2) is 84.9 Å². The smallest absolute Gasteiger partial charge is 0.254 e. The Hall–Kier alpha value is -3.99. The second-order valence-corrected chi connectivity index (χ2v) is 8.60. The summed E-state index contributed by atoms with van der Waals surface area (Å²) in [6.45, 7) is 4.10. The molecule has 170 valence electrons. The van der Waals surface area contributed by atoms with Crippen molar-refractivity contribution in [2.24, 2.45) is 0 Å². The van der Waals surface area contributed by atoms with Crippen LogP contribution in [-0.2, 0) is 13.0 Å². The highest BCUT2D eigenvalue weighted by Gasteiger charge is 2.27. The van der Waals surface area contributed by atoms with E-state index in [0.29, 0.717) is 18.7 Å². The first-order valence-electron chi connectivity index (χ1n) is 11.7. The van der Waals surface area contributed by atoms with E-state index in [4.69, 9.17) is 9.97 Å². The Bertz CT molecular complexity index is 1290. The van der Waals surface area contributed by atoms with Gasteiger partial charge in [-0.25, -0.2) is 9.97 Å². The summed E-state index contributed by atoms with van der Waals surface area (Å²) in [7, 11) is 2.04. The van der Waals surface area contributed by atoms with Crippen LogP contribution in [0.2, 0.25) is 0 Å². The van der Waals surface area contributed by atoms with Crippen LogP contribution in [-0.4, -0.2) is 40.9 Å². The number of nitrogens with zero attached hydrogens (tertiary/aromatic N) is 4. The molecule has 5 nitrogen and oxygen atoms in total. The molecule has 1 aromatic heterocycles. The fraction of sp³-hybridized carbons (Fsp3) is 0.207. The quantitative estimate of drug-likeness (QED) is 0.407. The van der Waals surface area contributed by atoms with E-state index in [1.807, 2.05) is 84.7 Å². The molecule has 0 atom stereocenters. The van der Waals surface area contributed by atoms with Crippen LogP contribution in [0.4, 0.5) is 5.82 Å². The van der Waals surface area contributed by atoms with E-state index in [1.165, 1.54) is 0 Å². The number of hydrogen-bond acceptors (Lipinski definition) is 4. The van der Waals surface area contributed by atoms with Crippen LogP contribution in [0.1, 0.15) is 28.5 Å². The lowest BCUT2D eigenvalue weighted by atomic mass is 10.0. The maximum Gasteiger partial charge on any atom is 0.254 e. The van der Waals surface area contributed by atoms with Gasteiger partial charge >= 0.3 is 0 Å². The van der Waals surface area contributed by atoms with E-state index >= 15 is 0 Å². The summed E-state index contributed by atoms with van der Waals surface area (Å²) in [6, 6.07) is 28.2. The lowest BCUT2D eigenvalue weighted by Crippen LogP contribution is -2.37. The van der Waals surface area contributed by atoms with Crippen LogP contribution in [0.3, 0.4) is 0 Å². The highest BCUT2D eigenvalue weighted by atomic mass is 16.2. The fourth-order valence-corrected chi connectivity index (χ4v) is 4.37. The van der Waals surface area contributed by atoms with Crippen LogP contribution in [0.25, 0.3) is 22.5 Å². The third kappa shape index (κ3) is 4.29. The van der Waals surface area contributed by atoms with Gasteiger partial charge in [-0.3, -0.25) is 4.79 Å². The number of benzene rings is 3. The van der Waals surface area contributed by atoms with Crippen molar-refractivity contribution in [3.8, 4) is 22.5 Å². The highest BCUT2D eigenvalue weighted by Crippen LogP contribution is 2.30. The van der Waals surface area contributed by atoms with Gasteiger partial charge in [0.2, 0.25) is 0 Å². The minimum atomic E-state index is 0.0440. The number of hydrogen-bond donors (Lipinski definition) is 0. The largest absolute Gasteiger partial charge is 0.360 e. The molecule has 0 saturated heterocycles. The van der Waals surface area contributed by atoms with Gasteiger partial charge in [0.1, 0.15) is 5.82 Å². The van der Waals surface area contributed by atoms with Crippen molar-refractivity contribution in [2.75, 3.05) is 25.0 Å². The second-order valence-electron chi connectivity index (χ2n) is 8.60. The van der Waals surface area contributed by atoms with Gasteiger partial charge in [0.05, 0.1) is 12.2 Å². The Morgan fingerprint density at radius 2 is 1.47 bits per heavy atom. The molecule has 5 heteroatoms. The van der Waals surface area contributed by atoms with Crippen molar-refractivity contribution in [2.45, 2.75) is 19.9 Å². The molecule has 0 saturated carbocycles. The summed E-state index contributed by atoms with van der Waals surface area (Å²) in [5.41, 5.74) is 6.04. The lowest BCUT2D eigenvalue weighted by molar-refractivity contribution is 0.0733. The summed E-state index contributed by atoms with van der Waals surface area (Å²) in [5.74, 6) is 1.69. The lowest BCUT2D eigenvalue weighted by Gasteiger charge is -2.31. The molecule has 0 unspecified atom stereocenters. The minimum absolute atomic E-state index is 0.0440. The number of anilines is 1. The summed E-state index contributed by atoms with van der Waals surface area (Å²) >= 11 is 0. The number of rotatable bonds is 5. The number of amides is 1. The first kappa shape index (κ1) is 21.8. The molecule has 1 amide bonds. The summed E-state index contributed by atoms with van der Waals surface area (Å²) in [5, 5.41) is 0. The van der Waals surface area contributed by atoms with Gasteiger partial charge in [-0.1, -0.05) is 72.8 Å². The van der Waals surface area contributed by atoms with E-state index in [9.17, 15) is 4.79 Å². The fourth-order valence-electron chi connectivity index (χ4n) is 4.37. The molecule has 0 N–H and O–H groups in total. The molecule has 4 aromatic rings. The molecule has 1 aliphatic rings. The molecule has 3 aromatic carbocycles. The van der Waals surface area contributed by atoms with Gasteiger partial charge in [-0.05, 0) is 30.2 Å². The third-order valence-corrected chi connectivity index (χ3v) is 6.43. The summed E-state index contributed by atoms with van der Waals surface area (Å²) in [4.78, 5) is 27.2. The Balaban J connectivity index is 1.42. The predicted octanol–water partition coefficient (Wildman–Crippen LogP) is 5.47. The monoisotopic (exact) mass is 448 g/mol. The van der Waals surface area contributed by atoms with Crippen LogP contribution in [0.5, 0.6) is 0 Å². The Labute approximate surface area is 200 Å². The molecular formula is C29H28N4O. The molecule has 0 aliphatic carbocycles. The maximum absolute atomic E-state index is 13.4. The molecule has 5 rings (SSSR count). The Morgan fingerprint density at radius 1 is 0.853 bits per heavy atom. The molecule has 0 radical (unpaired) electrons. The average molecular weight is 449 g/mol. The molecule has 2 heterocycles. The van der Waals surface area contributed by atoms with Crippen molar-refractivity contribution in [3.05, 3.63) is 102 Å². The van der Waals surface area contributed by atoms with Gasteiger partial charge < -0.3 is 9.80 Å². The molecule has 0 fully saturated rings. The van der Waals surface area contributed by atoms with Gasteiger partial charge in [-0.15, -0.1) is 0 Å². The molecule has 34 heavy (non-hydrogen) atoms. The first-order valence-corrected chi connectivity index (χ1v) is 11.7. The number of carbonyl (C=O) groups is 1. The standard InChI is InChI=1S/C29H28N4O/c1-3-32(2)28-25-20-33(19-18-26(25)30-27(31-28)23-12-8-5-9-13-23)29(34)24-16-14-22(15-17-24)21-10-6-4-7-11-21/h4-17H,3,18-20H2,1-2H3. The summed E-state index contributed by atoms with van der Waals surface area (Å²) in [6.07, 6.45) is 0.718. The third-order valence-electron chi connectivity index (χ3n) is 6.43. The molecule has 0 bridgehead atoms. The second kappa shape index (κ2) is 9.48. The molecule has 0 spiro atoms. The topological polar surface area (TPSA) is 49.3 Å². The van der Waals surface area contributed by atoms with Gasteiger partial charge in [0.25, 0.3) is 5.91 Å². The Kier molecular flexibility index (Phi) is 6.09. The van der Waals surface area contributed by atoms with E-state index < -0.39 is 0 Å². The van der Waals surface area contributed by atoms with Gasteiger partial charge in [0, 0.05) is 43.2 Å². The van der Waals surface area contributed by atoms with Crippen LogP contribution >= 0.6 is 0 Å². The Morgan fingerprint density at radius 3 is 2.12 bits per heavy atom. The van der Waals surface area contributed by atoms with E-state index in [0.717, 1.165) is 52.6 Å². The number of fused-ring (bicyclic) bond motifs is 1. The zero-order valence-corrected chi connectivity index (χ0v) is 19.6. The van der Waals surface area contributed by atoms with Crippen molar-refractivity contribution >= 4 is 11.7 Å². The van der Waals surface area contributed by atoms with E-state index in [1.54, 1.807) is 0 Å². The van der Waals surface area contributed by atoms with E-state index in [2.05, 4.69) is 24.0 Å². The van der Waals surface area contributed by atoms with Crippen molar-refractivity contribution in [3.63, 3.8) is 0 Å². The molecular weight excluding hydrogens is 420 g/mol. The minimum Gasteiger partial charge on any atom is -0.360 e. The molecule has 1 aliphatic heterocycles.